The van der Waals surface area contributed by atoms with E-state index in [0.717, 1.165) is 12.1 Å². The van der Waals surface area contributed by atoms with Gasteiger partial charge < -0.3 is 9.30 Å². The molecule has 1 N–H and O–H groups in total. The number of aromatic nitrogens is 1. The lowest BCUT2D eigenvalue weighted by atomic mass is 10.1. The van der Waals surface area contributed by atoms with E-state index >= 15 is 0 Å². The van der Waals surface area contributed by atoms with Crippen molar-refractivity contribution >= 4 is 45.5 Å². The Bertz CT molecular complexity index is 1200. The molecule has 0 fully saturated rings. The topological polar surface area (TPSA) is 55.6 Å². The van der Waals surface area contributed by atoms with E-state index in [1.165, 1.54) is 21.8 Å². The van der Waals surface area contributed by atoms with Gasteiger partial charge in [-0.05, 0) is 55.0 Å². The zero-order valence-corrected chi connectivity index (χ0v) is 16.7. The van der Waals surface area contributed by atoms with Crippen molar-refractivity contribution in [1.82, 2.24) is 9.99 Å². The van der Waals surface area contributed by atoms with Crippen molar-refractivity contribution in [3.8, 4) is 5.75 Å². The van der Waals surface area contributed by atoms with Crippen molar-refractivity contribution < 1.29 is 9.53 Å². The molecule has 0 atom stereocenters. The molecule has 1 heterocycles. The summed E-state index contributed by atoms with van der Waals surface area (Å²) in [5.74, 6) is 0.242. The van der Waals surface area contributed by atoms with Crippen LogP contribution in [-0.4, -0.2) is 23.3 Å². The quantitative estimate of drug-likeness (QED) is 0.362. The normalized spacial score (nSPS) is 11.4. The number of amides is 1. The lowest BCUT2D eigenvalue weighted by Gasteiger charge is -2.05. The maximum atomic E-state index is 11.9. The summed E-state index contributed by atoms with van der Waals surface area (Å²) in [4.78, 5) is 11.9. The summed E-state index contributed by atoms with van der Waals surface area (Å²) in [7, 11) is 0. The molecule has 0 unspecified atom stereocenters. The number of carbonyl (C=O) groups is 1. The smallest absolute Gasteiger partial charge is 0.277 e. The molecule has 0 aliphatic carbocycles. The van der Waals surface area contributed by atoms with Crippen molar-refractivity contribution in [2.45, 2.75) is 13.5 Å². The summed E-state index contributed by atoms with van der Waals surface area (Å²) >= 11 is 5.82. The van der Waals surface area contributed by atoms with Gasteiger partial charge in [-0.1, -0.05) is 35.9 Å². The Morgan fingerprint density at radius 3 is 2.62 bits per heavy atom. The Labute approximate surface area is 173 Å². The number of nitrogens with zero attached hydrogens (tertiary/aromatic N) is 2. The average Bonchev–Trinajstić information content (AvgIpc) is 3.06. The number of benzene rings is 3. The van der Waals surface area contributed by atoms with Crippen molar-refractivity contribution in [1.29, 1.82) is 0 Å². The van der Waals surface area contributed by atoms with E-state index in [9.17, 15) is 4.79 Å². The second-order valence-corrected chi connectivity index (χ2v) is 7.01. The summed E-state index contributed by atoms with van der Waals surface area (Å²) in [5.41, 5.74) is 5.80. The SMILES string of the molecule is CCn1c2ccccc2c2cc(/C=N\NC(=O)COc3ccc(Cl)cc3)ccc21. The third-order valence-corrected chi connectivity index (χ3v) is 4.95. The Hall–Kier alpha value is -3.31. The Morgan fingerprint density at radius 1 is 1.07 bits per heavy atom. The summed E-state index contributed by atoms with van der Waals surface area (Å²) in [6, 6.07) is 21.4. The monoisotopic (exact) mass is 405 g/mol. The number of hydrogen-bond acceptors (Lipinski definition) is 3. The lowest BCUT2D eigenvalue weighted by molar-refractivity contribution is -0.123. The maximum absolute atomic E-state index is 11.9. The first kappa shape index (κ1) is 19.0. The van der Waals surface area contributed by atoms with Crippen LogP contribution in [0, 0.1) is 0 Å². The van der Waals surface area contributed by atoms with Crippen LogP contribution in [0.1, 0.15) is 12.5 Å². The number of aryl methyl sites for hydroxylation is 1. The molecule has 4 aromatic rings. The van der Waals surface area contributed by atoms with Gasteiger partial charge in [-0.25, -0.2) is 5.43 Å². The predicted octanol–water partition coefficient (Wildman–Crippen LogP) is 5.00. The molecule has 0 bridgehead atoms. The molecule has 1 aromatic heterocycles. The zero-order chi connectivity index (χ0) is 20.2. The highest BCUT2D eigenvalue weighted by atomic mass is 35.5. The van der Waals surface area contributed by atoms with Crippen LogP contribution >= 0.6 is 11.6 Å². The predicted molar refractivity (Wildman–Crippen MR) is 118 cm³/mol. The second kappa shape index (κ2) is 8.37. The van der Waals surface area contributed by atoms with Crippen LogP contribution in [0.15, 0.2) is 71.8 Å². The molecule has 0 aliphatic heterocycles. The number of nitrogens with one attached hydrogen (secondary N) is 1. The molecule has 0 aliphatic rings. The number of carbonyl (C=O) groups excluding carboxylic acids is 1. The third-order valence-electron chi connectivity index (χ3n) is 4.70. The molecule has 0 saturated carbocycles. The molecule has 4 rings (SSSR count). The lowest BCUT2D eigenvalue weighted by Crippen LogP contribution is -2.24. The average molecular weight is 406 g/mol. The number of halogens is 1. The zero-order valence-electron chi connectivity index (χ0n) is 15.9. The van der Waals surface area contributed by atoms with Gasteiger partial charge in [-0.3, -0.25) is 4.79 Å². The molecular formula is C23H20ClN3O2. The van der Waals surface area contributed by atoms with Gasteiger partial charge in [0, 0.05) is 33.4 Å². The number of fused-ring (bicyclic) bond motifs is 3. The number of para-hydroxylation sites is 1. The molecule has 29 heavy (non-hydrogen) atoms. The van der Waals surface area contributed by atoms with Crippen molar-refractivity contribution in [3.05, 3.63) is 77.3 Å². The number of ether oxygens (including phenoxy) is 1. The van der Waals surface area contributed by atoms with Crippen molar-refractivity contribution in [2.75, 3.05) is 6.61 Å². The molecule has 146 valence electrons. The minimum Gasteiger partial charge on any atom is -0.484 e. The van der Waals surface area contributed by atoms with Gasteiger partial charge in [0.1, 0.15) is 5.75 Å². The highest BCUT2D eigenvalue weighted by Crippen LogP contribution is 2.29. The van der Waals surface area contributed by atoms with E-state index in [4.69, 9.17) is 16.3 Å². The molecular weight excluding hydrogens is 386 g/mol. The van der Waals surface area contributed by atoms with E-state index in [1.807, 2.05) is 12.1 Å². The maximum Gasteiger partial charge on any atom is 0.277 e. The van der Waals surface area contributed by atoms with Gasteiger partial charge in [-0.2, -0.15) is 5.10 Å². The third kappa shape index (κ3) is 4.10. The fourth-order valence-corrected chi connectivity index (χ4v) is 3.51. The standard InChI is InChI=1S/C23H20ClN3O2/c1-2-27-21-6-4-3-5-19(21)20-13-16(7-12-22(20)27)14-25-26-23(28)15-29-18-10-8-17(24)9-11-18/h3-14H,2,15H2,1H3,(H,26,28)/b25-14-. The van der Waals surface area contributed by atoms with Crippen molar-refractivity contribution in [2.24, 2.45) is 5.10 Å². The van der Waals surface area contributed by atoms with Crippen LogP contribution in [0.3, 0.4) is 0 Å². The fraction of sp³-hybridized carbons (Fsp3) is 0.130. The van der Waals surface area contributed by atoms with Crippen LogP contribution in [0.5, 0.6) is 5.75 Å². The highest BCUT2D eigenvalue weighted by molar-refractivity contribution is 6.30. The number of rotatable bonds is 6. The number of hydrogen-bond donors (Lipinski definition) is 1. The number of hydrazone groups is 1. The summed E-state index contributed by atoms with van der Waals surface area (Å²) in [6.45, 7) is 2.92. The molecule has 0 spiro atoms. The van der Waals surface area contributed by atoms with E-state index < -0.39 is 0 Å². The first-order valence-electron chi connectivity index (χ1n) is 9.37. The van der Waals surface area contributed by atoms with Gasteiger partial charge in [0.15, 0.2) is 6.61 Å². The van der Waals surface area contributed by atoms with Gasteiger partial charge in [0.25, 0.3) is 5.91 Å². The van der Waals surface area contributed by atoms with Crippen LogP contribution < -0.4 is 10.2 Å². The van der Waals surface area contributed by atoms with Crippen LogP contribution in [-0.2, 0) is 11.3 Å². The Kier molecular flexibility index (Phi) is 5.49. The largest absolute Gasteiger partial charge is 0.484 e. The molecule has 1 amide bonds. The van der Waals surface area contributed by atoms with Gasteiger partial charge in [-0.15, -0.1) is 0 Å². The van der Waals surface area contributed by atoms with Crippen LogP contribution in [0.4, 0.5) is 0 Å². The summed E-state index contributed by atoms with van der Waals surface area (Å²) < 4.78 is 7.69. The summed E-state index contributed by atoms with van der Waals surface area (Å²) in [6.07, 6.45) is 1.64. The van der Waals surface area contributed by atoms with E-state index in [-0.39, 0.29) is 12.5 Å². The van der Waals surface area contributed by atoms with Gasteiger partial charge in [0.05, 0.1) is 6.21 Å². The molecule has 5 nitrogen and oxygen atoms in total. The van der Waals surface area contributed by atoms with Crippen LogP contribution in [0.2, 0.25) is 5.02 Å². The first-order valence-corrected chi connectivity index (χ1v) is 9.75. The highest BCUT2D eigenvalue weighted by Gasteiger charge is 2.09. The van der Waals surface area contributed by atoms with Gasteiger partial charge >= 0.3 is 0 Å². The minimum atomic E-state index is -0.333. The van der Waals surface area contributed by atoms with E-state index in [1.54, 1.807) is 30.5 Å². The molecule has 6 heteroatoms. The van der Waals surface area contributed by atoms with Gasteiger partial charge in [0.2, 0.25) is 0 Å². The molecule has 0 radical (unpaired) electrons. The molecule has 0 saturated heterocycles. The van der Waals surface area contributed by atoms with E-state index in [2.05, 4.69) is 52.3 Å². The first-order chi connectivity index (χ1) is 14.2. The minimum absolute atomic E-state index is 0.123. The van der Waals surface area contributed by atoms with Crippen LogP contribution in [0.25, 0.3) is 21.8 Å². The fourth-order valence-electron chi connectivity index (χ4n) is 3.38. The second-order valence-electron chi connectivity index (χ2n) is 6.57. The summed E-state index contributed by atoms with van der Waals surface area (Å²) in [5, 5.41) is 7.04. The van der Waals surface area contributed by atoms with E-state index in [0.29, 0.717) is 10.8 Å². The Balaban J connectivity index is 1.45. The molecule has 3 aromatic carbocycles. The van der Waals surface area contributed by atoms with Crippen molar-refractivity contribution in [3.63, 3.8) is 0 Å². The Morgan fingerprint density at radius 2 is 1.83 bits per heavy atom.